The molecule has 0 spiro atoms. The van der Waals surface area contributed by atoms with Gasteiger partial charge in [0.2, 0.25) is 0 Å². The fraction of sp³-hybridized carbons (Fsp3) is 0.455. The van der Waals surface area contributed by atoms with Crippen molar-refractivity contribution in [2.24, 2.45) is 5.73 Å². The number of hydrogen-bond donors (Lipinski definition) is 2. The number of aromatic amines is 1. The third-order valence-electron chi connectivity index (χ3n) is 3.76. The Morgan fingerprint density at radius 2 is 2.22 bits per heavy atom. The van der Waals surface area contributed by atoms with Crippen LogP contribution in [0.1, 0.15) is 31.0 Å². The summed E-state index contributed by atoms with van der Waals surface area (Å²) in [5, 5.41) is 8.55. The van der Waals surface area contributed by atoms with E-state index in [1.165, 1.54) is 0 Å². The number of nitrogens with two attached hydrogens (primary N) is 1. The largest absolute Gasteiger partial charge is 0.340 e. The summed E-state index contributed by atoms with van der Waals surface area (Å²) < 4.78 is 1.93. The van der Waals surface area contributed by atoms with Gasteiger partial charge in [-0.15, -0.1) is 10.2 Å². The number of aromatic nitrogens is 6. The van der Waals surface area contributed by atoms with Crippen molar-refractivity contribution >= 4 is 16.8 Å². The van der Waals surface area contributed by atoms with E-state index in [-0.39, 0.29) is 12.0 Å². The maximum Gasteiger partial charge on any atom is 0.189 e. The van der Waals surface area contributed by atoms with E-state index >= 15 is 0 Å². The number of H-pyrrole nitrogens is 1. The van der Waals surface area contributed by atoms with E-state index in [0.717, 1.165) is 36.3 Å². The van der Waals surface area contributed by atoms with E-state index in [2.05, 4.69) is 25.1 Å². The average molecular weight is 243 g/mol. The van der Waals surface area contributed by atoms with Crippen LogP contribution in [0.5, 0.6) is 0 Å². The van der Waals surface area contributed by atoms with Crippen LogP contribution in [-0.4, -0.2) is 35.6 Å². The molecule has 0 saturated heterocycles. The topological polar surface area (TPSA) is 97.8 Å². The first-order chi connectivity index (χ1) is 8.84. The molecule has 0 amide bonds. The molecule has 1 aliphatic carbocycles. The van der Waals surface area contributed by atoms with Crippen molar-refractivity contribution in [3.8, 4) is 0 Å². The monoisotopic (exact) mass is 243 g/mol. The molecule has 3 N–H and O–H groups in total. The Balaban J connectivity index is 1.96. The highest BCUT2D eigenvalue weighted by Crippen LogP contribution is 2.32. The van der Waals surface area contributed by atoms with Crippen LogP contribution in [0.15, 0.2) is 12.7 Å². The quantitative estimate of drug-likeness (QED) is 0.652. The molecule has 0 bridgehead atoms. The van der Waals surface area contributed by atoms with Crippen LogP contribution < -0.4 is 5.73 Å². The van der Waals surface area contributed by atoms with E-state index < -0.39 is 0 Å². The second-order valence-electron chi connectivity index (χ2n) is 4.80. The van der Waals surface area contributed by atoms with Crippen molar-refractivity contribution in [3.63, 3.8) is 0 Å². The molecule has 3 heterocycles. The van der Waals surface area contributed by atoms with Crippen LogP contribution in [-0.2, 0) is 0 Å². The zero-order valence-corrected chi connectivity index (χ0v) is 9.74. The smallest absolute Gasteiger partial charge is 0.189 e. The summed E-state index contributed by atoms with van der Waals surface area (Å²) in [6.07, 6.45) is 6.63. The number of nitrogens with one attached hydrogen (secondary N) is 1. The maximum atomic E-state index is 6.13. The molecule has 1 saturated carbocycles. The van der Waals surface area contributed by atoms with Gasteiger partial charge < -0.3 is 10.7 Å². The van der Waals surface area contributed by atoms with Gasteiger partial charge in [-0.3, -0.25) is 4.40 Å². The van der Waals surface area contributed by atoms with Gasteiger partial charge in [0.1, 0.15) is 17.7 Å². The van der Waals surface area contributed by atoms with Gasteiger partial charge in [-0.05, 0) is 12.8 Å². The number of nitrogens with zero attached hydrogens (tertiary/aromatic N) is 5. The second-order valence-corrected chi connectivity index (χ2v) is 4.80. The lowest BCUT2D eigenvalue weighted by Gasteiger charge is -2.12. The van der Waals surface area contributed by atoms with Gasteiger partial charge in [-0.25, -0.2) is 9.97 Å². The molecule has 2 unspecified atom stereocenters. The lowest BCUT2D eigenvalue weighted by atomic mass is 10.0. The first-order valence-corrected chi connectivity index (χ1v) is 6.13. The molecule has 2 atom stereocenters. The normalized spacial score (nSPS) is 24.3. The fourth-order valence-corrected chi connectivity index (χ4v) is 2.81. The summed E-state index contributed by atoms with van der Waals surface area (Å²) in [5.74, 6) is 1.20. The highest BCUT2D eigenvalue weighted by Gasteiger charge is 2.29. The van der Waals surface area contributed by atoms with Crippen molar-refractivity contribution in [2.45, 2.75) is 31.2 Å². The van der Waals surface area contributed by atoms with Gasteiger partial charge in [0, 0.05) is 12.0 Å². The molecule has 0 aliphatic heterocycles. The number of fused-ring (bicyclic) bond motifs is 3. The molecule has 0 aromatic carbocycles. The summed E-state index contributed by atoms with van der Waals surface area (Å²) in [6.45, 7) is 0. The zero-order valence-electron chi connectivity index (χ0n) is 9.74. The lowest BCUT2D eigenvalue weighted by Crippen LogP contribution is -2.24. The number of imidazole rings is 1. The van der Waals surface area contributed by atoms with E-state index in [4.69, 9.17) is 5.73 Å². The van der Waals surface area contributed by atoms with Gasteiger partial charge in [0.25, 0.3) is 0 Å². The molecule has 18 heavy (non-hydrogen) atoms. The van der Waals surface area contributed by atoms with Crippen molar-refractivity contribution in [1.82, 2.24) is 29.5 Å². The van der Waals surface area contributed by atoms with Crippen LogP contribution in [0.25, 0.3) is 16.8 Å². The Labute approximate surface area is 102 Å². The first-order valence-electron chi connectivity index (χ1n) is 6.13. The van der Waals surface area contributed by atoms with E-state index in [0.29, 0.717) is 5.65 Å². The van der Waals surface area contributed by atoms with Gasteiger partial charge in [-0.1, -0.05) is 6.42 Å². The minimum absolute atomic E-state index is 0.176. The summed E-state index contributed by atoms with van der Waals surface area (Å²) in [4.78, 5) is 11.5. The third-order valence-corrected chi connectivity index (χ3v) is 3.76. The van der Waals surface area contributed by atoms with Crippen molar-refractivity contribution in [2.75, 3.05) is 0 Å². The minimum Gasteiger partial charge on any atom is -0.340 e. The Bertz CT molecular complexity index is 712. The highest BCUT2D eigenvalue weighted by atomic mass is 15.3. The zero-order chi connectivity index (χ0) is 12.1. The van der Waals surface area contributed by atoms with E-state index in [1.54, 1.807) is 12.7 Å². The molecule has 3 aromatic rings. The summed E-state index contributed by atoms with van der Waals surface area (Å²) in [6, 6.07) is 0.176. The van der Waals surface area contributed by atoms with E-state index in [1.807, 2.05) is 4.40 Å². The Morgan fingerprint density at radius 1 is 1.28 bits per heavy atom. The summed E-state index contributed by atoms with van der Waals surface area (Å²) in [7, 11) is 0. The molecule has 1 aliphatic rings. The molecule has 0 radical (unpaired) electrons. The molecule has 7 nitrogen and oxygen atoms in total. The van der Waals surface area contributed by atoms with Crippen molar-refractivity contribution < 1.29 is 0 Å². The lowest BCUT2D eigenvalue weighted by molar-refractivity contribution is 0.575. The Kier molecular flexibility index (Phi) is 1.93. The predicted octanol–water partition coefficient (Wildman–Crippen LogP) is 0.595. The molecule has 4 rings (SSSR count). The molecule has 7 heteroatoms. The van der Waals surface area contributed by atoms with Crippen LogP contribution in [0, 0.1) is 0 Å². The van der Waals surface area contributed by atoms with Crippen LogP contribution in [0.3, 0.4) is 0 Å². The predicted molar refractivity (Wildman–Crippen MR) is 65.0 cm³/mol. The molecule has 1 fully saturated rings. The van der Waals surface area contributed by atoms with Crippen molar-refractivity contribution in [1.29, 1.82) is 0 Å². The Hall–Kier alpha value is -2.02. The SMILES string of the molecule is NC1CCCC1c1nnc2c3[nH]cnc3ncn12. The third kappa shape index (κ3) is 1.22. The van der Waals surface area contributed by atoms with Crippen LogP contribution >= 0.6 is 0 Å². The molecule has 92 valence electrons. The minimum atomic E-state index is 0.176. The molecular formula is C11H13N7. The summed E-state index contributed by atoms with van der Waals surface area (Å²) in [5.41, 5.74) is 8.39. The maximum absolute atomic E-state index is 6.13. The van der Waals surface area contributed by atoms with Gasteiger partial charge in [0.05, 0.1) is 6.33 Å². The van der Waals surface area contributed by atoms with E-state index in [9.17, 15) is 0 Å². The highest BCUT2D eigenvalue weighted by molar-refractivity contribution is 5.84. The number of hydrogen-bond acceptors (Lipinski definition) is 5. The number of rotatable bonds is 1. The fourth-order valence-electron chi connectivity index (χ4n) is 2.81. The standard InChI is InChI=1S/C11H13N7/c12-7-3-1-2-6(7)10-16-17-11-8-9(14-4-13-8)15-5-18(10)11/h4-7H,1-3,12H2,(H,13,14). The molecule has 3 aromatic heterocycles. The average Bonchev–Trinajstić information content (AvgIpc) is 3.04. The molecular weight excluding hydrogens is 230 g/mol. The van der Waals surface area contributed by atoms with Gasteiger partial charge in [0.15, 0.2) is 11.3 Å². The van der Waals surface area contributed by atoms with Gasteiger partial charge in [-0.2, -0.15) is 0 Å². The van der Waals surface area contributed by atoms with Crippen molar-refractivity contribution in [3.05, 3.63) is 18.5 Å². The van der Waals surface area contributed by atoms with Crippen LogP contribution in [0.2, 0.25) is 0 Å². The first kappa shape index (κ1) is 9.95. The Morgan fingerprint density at radius 3 is 3.06 bits per heavy atom. The summed E-state index contributed by atoms with van der Waals surface area (Å²) >= 11 is 0. The van der Waals surface area contributed by atoms with Gasteiger partial charge >= 0.3 is 0 Å². The second kappa shape index (κ2) is 3.49. The van der Waals surface area contributed by atoms with Crippen LogP contribution in [0.4, 0.5) is 0 Å².